The fourth-order valence-corrected chi connectivity index (χ4v) is 4.60. The van der Waals surface area contributed by atoms with Gasteiger partial charge in [-0.2, -0.15) is 0 Å². The van der Waals surface area contributed by atoms with Gasteiger partial charge in [0.2, 0.25) is 0 Å². The topological polar surface area (TPSA) is 73.0 Å². The van der Waals surface area contributed by atoms with E-state index in [1.807, 2.05) is 44.2 Å². The quantitative estimate of drug-likeness (QED) is 0.693. The molecule has 4 rings (SSSR count). The first-order chi connectivity index (χ1) is 15.8. The van der Waals surface area contributed by atoms with Crippen LogP contribution < -0.4 is 5.32 Å². The normalized spacial score (nSPS) is 17.5. The minimum Gasteiger partial charge on any atom is -0.330 e. The lowest BCUT2D eigenvalue weighted by Crippen LogP contribution is -2.59. The zero-order valence-electron chi connectivity index (χ0n) is 19.0. The van der Waals surface area contributed by atoms with E-state index in [1.54, 1.807) is 26.8 Å². The summed E-state index contributed by atoms with van der Waals surface area (Å²) in [5.41, 5.74) is 3.70. The van der Waals surface area contributed by atoms with E-state index in [1.165, 1.54) is 0 Å². The number of halogens is 1. The standard InChI is InChI=1S/C25H29ClN4O3/c1-17-6-8-19(9-7-17)16-29-14-15-30(24(32)23(29)31)20-10-12-28(13-11-20)25(33)27-22-5-3-4-21(26)18(22)2/h3-9,20H,10-16H2,1-2H3,(H,27,33). The molecule has 2 fully saturated rings. The Morgan fingerprint density at radius 2 is 1.67 bits per heavy atom. The minimum atomic E-state index is -0.446. The highest BCUT2D eigenvalue weighted by molar-refractivity contribution is 6.35. The van der Waals surface area contributed by atoms with Crippen LogP contribution in [0.3, 0.4) is 0 Å². The second kappa shape index (κ2) is 9.83. The molecule has 2 aromatic rings. The molecule has 0 spiro atoms. The van der Waals surface area contributed by atoms with Crippen LogP contribution in [-0.4, -0.2) is 64.8 Å². The third-order valence-electron chi connectivity index (χ3n) is 6.54. The summed E-state index contributed by atoms with van der Waals surface area (Å²) in [5.74, 6) is -0.885. The van der Waals surface area contributed by atoms with Crippen molar-refractivity contribution in [2.75, 3.05) is 31.5 Å². The summed E-state index contributed by atoms with van der Waals surface area (Å²) in [6.07, 6.45) is 1.30. The molecule has 33 heavy (non-hydrogen) atoms. The lowest BCUT2D eigenvalue weighted by molar-refractivity contribution is -0.158. The van der Waals surface area contributed by atoms with Gasteiger partial charge in [-0.25, -0.2) is 4.79 Å². The number of benzene rings is 2. The number of nitrogens with one attached hydrogen (secondary N) is 1. The van der Waals surface area contributed by atoms with Gasteiger partial charge in [-0.1, -0.05) is 47.5 Å². The number of likely N-dealkylation sites (tertiary alicyclic amines) is 1. The van der Waals surface area contributed by atoms with Gasteiger partial charge in [0.05, 0.1) is 0 Å². The Morgan fingerprint density at radius 3 is 2.36 bits per heavy atom. The summed E-state index contributed by atoms with van der Waals surface area (Å²) in [4.78, 5) is 43.3. The molecule has 174 valence electrons. The highest BCUT2D eigenvalue weighted by Gasteiger charge is 2.38. The van der Waals surface area contributed by atoms with Gasteiger partial charge < -0.3 is 20.0 Å². The van der Waals surface area contributed by atoms with Crippen LogP contribution in [0.15, 0.2) is 42.5 Å². The molecule has 0 bridgehead atoms. The molecule has 0 radical (unpaired) electrons. The lowest BCUT2D eigenvalue weighted by atomic mass is 10.0. The first-order valence-corrected chi connectivity index (χ1v) is 11.7. The Labute approximate surface area is 199 Å². The monoisotopic (exact) mass is 468 g/mol. The SMILES string of the molecule is Cc1ccc(CN2CCN(C3CCN(C(=O)Nc4cccc(Cl)c4C)CC3)C(=O)C2=O)cc1. The van der Waals surface area contributed by atoms with Crippen LogP contribution in [-0.2, 0) is 16.1 Å². The summed E-state index contributed by atoms with van der Waals surface area (Å²) in [6, 6.07) is 13.2. The van der Waals surface area contributed by atoms with E-state index < -0.39 is 11.8 Å². The molecule has 8 heteroatoms. The maximum Gasteiger partial charge on any atom is 0.321 e. The Hall–Kier alpha value is -3.06. The predicted octanol–water partition coefficient (Wildman–Crippen LogP) is 3.82. The number of rotatable bonds is 4. The van der Waals surface area contributed by atoms with Gasteiger partial charge in [-0.3, -0.25) is 9.59 Å². The van der Waals surface area contributed by atoms with Gasteiger partial charge in [0.1, 0.15) is 0 Å². The number of hydrogen-bond donors (Lipinski definition) is 1. The van der Waals surface area contributed by atoms with Gasteiger partial charge in [-0.05, 0) is 49.9 Å². The summed E-state index contributed by atoms with van der Waals surface area (Å²) < 4.78 is 0. The zero-order chi connectivity index (χ0) is 23.5. The van der Waals surface area contributed by atoms with Gasteiger partial charge >= 0.3 is 17.8 Å². The Balaban J connectivity index is 1.30. The molecule has 0 unspecified atom stereocenters. The number of piperidine rings is 1. The molecule has 2 aliphatic heterocycles. The molecule has 4 amide bonds. The smallest absolute Gasteiger partial charge is 0.321 e. The van der Waals surface area contributed by atoms with Crippen molar-refractivity contribution < 1.29 is 14.4 Å². The number of urea groups is 1. The van der Waals surface area contributed by atoms with Crippen LogP contribution in [0, 0.1) is 13.8 Å². The molecule has 0 saturated carbocycles. The van der Waals surface area contributed by atoms with Crippen LogP contribution in [0.1, 0.15) is 29.5 Å². The van der Waals surface area contributed by atoms with Crippen molar-refractivity contribution in [3.8, 4) is 0 Å². The molecule has 0 aromatic heterocycles. The molecule has 0 aliphatic carbocycles. The average Bonchev–Trinajstić information content (AvgIpc) is 2.81. The van der Waals surface area contributed by atoms with Gasteiger partial charge in [-0.15, -0.1) is 0 Å². The minimum absolute atomic E-state index is 0.0278. The van der Waals surface area contributed by atoms with Crippen molar-refractivity contribution in [1.29, 1.82) is 0 Å². The van der Waals surface area contributed by atoms with Crippen molar-refractivity contribution in [1.82, 2.24) is 14.7 Å². The lowest BCUT2D eigenvalue weighted by Gasteiger charge is -2.42. The van der Waals surface area contributed by atoms with E-state index in [0.717, 1.165) is 16.7 Å². The average molecular weight is 469 g/mol. The summed E-state index contributed by atoms with van der Waals surface area (Å²) in [6.45, 7) is 6.43. The van der Waals surface area contributed by atoms with Gasteiger partial charge in [0, 0.05) is 49.5 Å². The first-order valence-electron chi connectivity index (χ1n) is 11.3. The molecular formula is C25H29ClN4O3. The van der Waals surface area contributed by atoms with E-state index in [2.05, 4.69) is 5.32 Å². The second-order valence-corrected chi connectivity index (χ2v) is 9.18. The largest absolute Gasteiger partial charge is 0.330 e. The number of carbonyl (C=O) groups excluding carboxylic acids is 3. The molecule has 0 atom stereocenters. The molecule has 2 aromatic carbocycles. The van der Waals surface area contributed by atoms with E-state index in [4.69, 9.17) is 11.6 Å². The predicted molar refractivity (Wildman–Crippen MR) is 128 cm³/mol. The Bertz CT molecular complexity index is 1050. The number of hydrogen-bond acceptors (Lipinski definition) is 3. The van der Waals surface area contributed by atoms with Crippen LogP contribution in [0.25, 0.3) is 0 Å². The molecular weight excluding hydrogens is 440 g/mol. The maximum atomic E-state index is 12.8. The molecule has 2 aliphatic rings. The van der Waals surface area contributed by atoms with Crippen molar-refractivity contribution in [3.05, 3.63) is 64.2 Å². The van der Waals surface area contributed by atoms with Crippen LogP contribution in [0.4, 0.5) is 10.5 Å². The van der Waals surface area contributed by atoms with E-state index in [-0.39, 0.29) is 12.1 Å². The number of amides is 4. The Morgan fingerprint density at radius 1 is 0.970 bits per heavy atom. The summed E-state index contributed by atoms with van der Waals surface area (Å²) >= 11 is 6.14. The molecule has 7 nitrogen and oxygen atoms in total. The summed E-state index contributed by atoms with van der Waals surface area (Å²) in [5, 5.41) is 3.53. The number of nitrogens with zero attached hydrogens (tertiary/aromatic N) is 3. The van der Waals surface area contributed by atoms with Crippen molar-refractivity contribution in [2.45, 2.75) is 39.3 Å². The van der Waals surface area contributed by atoms with Crippen LogP contribution >= 0.6 is 11.6 Å². The fourth-order valence-electron chi connectivity index (χ4n) is 4.42. The van der Waals surface area contributed by atoms with E-state index >= 15 is 0 Å². The molecule has 1 N–H and O–H groups in total. The highest BCUT2D eigenvalue weighted by Crippen LogP contribution is 2.25. The van der Waals surface area contributed by atoms with Crippen molar-refractivity contribution >= 4 is 35.1 Å². The second-order valence-electron chi connectivity index (χ2n) is 8.77. The maximum absolute atomic E-state index is 12.8. The molecule has 2 heterocycles. The van der Waals surface area contributed by atoms with Crippen LogP contribution in [0.2, 0.25) is 5.02 Å². The third kappa shape index (κ3) is 5.14. The number of piperazine rings is 1. The number of anilines is 1. The Kier molecular flexibility index (Phi) is 6.88. The third-order valence-corrected chi connectivity index (χ3v) is 6.95. The van der Waals surface area contributed by atoms with Gasteiger partial charge in [0.25, 0.3) is 0 Å². The zero-order valence-corrected chi connectivity index (χ0v) is 19.8. The van der Waals surface area contributed by atoms with Crippen LogP contribution in [0.5, 0.6) is 0 Å². The van der Waals surface area contributed by atoms with Gasteiger partial charge in [0.15, 0.2) is 0 Å². The highest BCUT2D eigenvalue weighted by atomic mass is 35.5. The number of aryl methyl sites for hydroxylation is 1. The molecule has 2 saturated heterocycles. The summed E-state index contributed by atoms with van der Waals surface area (Å²) in [7, 11) is 0. The van der Waals surface area contributed by atoms with Crippen molar-refractivity contribution in [2.24, 2.45) is 0 Å². The van der Waals surface area contributed by atoms with E-state index in [0.29, 0.717) is 56.3 Å². The van der Waals surface area contributed by atoms with Crippen molar-refractivity contribution in [3.63, 3.8) is 0 Å². The van der Waals surface area contributed by atoms with E-state index in [9.17, 15) is 14.4 Å². The number of carbonyl (C=O) groups is 3. The first kappa shape index (κ1) is 23.1. The fraction of sp³-hybridized carbons (Fsp3) is 0.400.